The van der Waals surface area contributed by atoms with Crippen LogP contribution < -0.4 is 21.7 Å². The number of carbonyl (C=O) groups is 5. The van der Waals surface area contributed by atoms with Crippen molar-refractivity contribution in [2.75, 3.05) is 0 Å². The number of nitrogens with one attached hydrogen (secondary N) is 3. The van der Waals surface area contributed by atoms with Crippen LogP contribution in [0.2, 0.25) is 0 Å². The molecule has 7 N–H and O–H groups in total. The predicted octanol–water partition coefficient (Wildman–Crippen LogP) is -0.951. The van der Waals surface area contributed by atoms with Crippen LogP contribution in [0.1, 0.15) is 47.5 Å². The molecule has 0 aliphatic rings. The van der Waals surface area contributed by atoms with Crippen molar-refractivity contribution < 1.29 is 34.2 Å². The van der Waals surface area contributed by atoms with Gasteiger partial charge in [-0.25, -0.2) is 4.79 Å². The average molecular weight is 416 g/mol. The number of aliphatic carboxylic acids is 2. The lowest BCUT2D eigenvalue weighted by molar-refractivity contribution is -0.144. The molecule has 0 bridgehead atoms. The van der Waals surface area contributed by atoms with E-state index in [1.165, 1.54) is 6.92 Å². The van der Waals surface area contributed by atoms with Gasteiger partial charge in [0, 0.05) is 0 Å². The molecule has 0 aliphatic heterocycles. The number of hydrogen-bond donors (Lipinski definition) is 6. The van der Waals surface area contributed by atoms with E-state index in [0.717, 1.165) is 0 Å². The number of amides is 3. The minimum atomic E-state index is -1.51. The molecule has 0 fully saturated rings. The summed E-state index contributed by atoms with van der Waals surface area (Å²) < 4.78 is 0. The van der Waals surface area contributed by atoms with Crippen molar-refractivity contribution in [3.63, 3.8) is 0 Å². The molecular formula is C18H32N4O7. The predicted molar refractivity (Wildman–Crippen MR) is 104 cm³/mol. The SMILES string of the molecule is CCC(C)C(NC(=O)C(C)N)C(=O)NC(CC(=O)O)C(=O)NC(C(=O)O)C(C)C. The first-order valence-corrected chi connectivity index (χ1v) is 9.43. The molecule has 11 heteroatoms. The van der Waals surface area contributed by atoms with Crippen molar-refractivity contribution in [1.29, 1.82) is 0 Å². The van der Waals surface area contributed by atoms with E-state index < -0.39 is 66.2 Å². The molecule has 0 saturated carbocycles. The summed E-state index contributed by atoms with van der Waals surface area (Å²) in [6, 6.07) is -4.67. The third-order valence-corrected chi connectivity index (χ3v) is 4.45. The molecule has 0 rings (SSSR count). The molecule has 0 aliphatic carbocycles. The second-order valence-corrected chi connectivity index (χ2v) is 7.39. The summed E-state index contributed by atoms with van der Waals surface area (Å²) >= 11 is 0. The molecule has 0 spiro atoms. The summed E-state index contributed by atoms with van der Waals surface area (Å²) in [5, 5.41) is 25.3. The molecule has 11 nitrogen and oxygen atoms in total. The fourth-order valence-electron chi connectivity index (χ4n) is 2.40. The van der Waals surface area contributed by atoms with Crippen LogP contribution in [0.3, 0.4) is 0 Å². The average Bonchev–Trinajstić information content (AvgIpc) is 2.61. The highest BCUT2D eigenvalue weighted by molar-refractivity contribution is 5.95. The van der Waals surface area contributed by atoms with Crippen LogP contribution in [0.15, 0.2) is 0 Å². The Morgan fingerprint density at radius 2 is 1.34 bits per heavy atom. The van der Waals surface area contributed by atoms with Crippen LogP contribution in [-0.2, 0) is 24.0 Å². The maximum Gasteiger partial charge on any atom is 0.326 e. The zero-order chi connectivity index (χ0) is 22.9. The molecule has 5 unspecified atom stereocenters. The third kappa shape index (κ3) is 8.90. The van der Waals surface area contributed by atoms with Crippen LogP contribution in [0, 0.1) is 11.8 Å². The van der Waals surface area contributed by atoms with Gasteiger partial charge in [-0.15, -0.1) is 0 Å². The first-order chi connectivity index (χ1) is 13.3. The number of carboxylic acids is 2. The van der Waals surface area contributed by atoms with Crippen LogP contribution in [0.5, 0.6) is 0 Å². The summed E-state index contributed by atoms with van der Waals surface area (Å²) in [6.07, 6.45) is -0.238. The minimum Gasteiger partial charge on any atom is -0.481 e. The second kappa shape index (κ2) is 12.0. The van der Waals surface area contributed by atoms with E-state index in [1.54, 1.807) is 27.7 Å². The van der Waals surface area contributed by atoms with Crippen molar-refractivity contribution in [3.8, 4) is 0 Å². The van der Waals surface area contributed by atoms with Crippen LogP contribution in [0.25, 0.3) is 0 Å². The van der Waals surface area contributed by atoms with E-state index in [1.807, 2.05) is 0 Å². The Hall–Kier alpha value is -2.69. The molecule has 0 aromatic rings. The van der Waals surface area contributed by atoms with Gasteiger partial charge >= 0.3 is 11.9 Å². The Morgan fingerprint density at radius 1 is 0.828 bits per heavy atom. The van der Waals surface area contributed by atoms with E-state index in [4.69, 9.17) is 10.8 Å². The molecular weight excluding hydrogens is 384 g/mol. The maximum atomic E-state index is 12.7. The van der Waals surface area contributed by atoms with E-state index in [2.05, 4.69) is 16.0 Å². The highest BCUT2D eigenvalue weighted by Gasteiger charge is 2.33. The molecule has 3 amide bonds. The normalized spacial score (nSPS) is 16.1. The minimum absolute atomic E-state index is 0.325. The molecule has 29 heavy (non-hydrogen) atoms. The highest BCUT2D eigenvalue weighted by Crippen LogP contribution is 2.10. The van der Waals surface area contributed by atoms with Gasteiger partial charge in [-0.3, -0.25) is 19.2 Å². The number of rotatable bonds is 12. The van der Waals surface area contributed by atoms with Gasteiger partial charge in [-0.1, -0.05) is 34.1 Å². The Bertz CT molecular complexity index is 621. The van der Waals surface area contributed by atoms with Gasteiger partial charge < -0.3 is 31.9 Å². The summed E-state index contributed by atoms with van der Waals surface area (Å²) in [5.74, 6) is -5.70. The van der Waals surface area contributed by atoms with Gasteiger partial charge in [0.1, 0.15) is 18.1 Å². The Kier molecular flexibility index (Phi) is 10.9. The van der Waals surface area contributed by atoms with Gasteiger partial charge in [0.2, 0.25) is 17.7 Å². The number of hydrogen-bond acceptors (Lipinski definition) is 6. The van der Waals surface area contributed by atoms with Crippen molar-refractivity contribution in [1.82, 2.24) is 16.0 Å². The van der Waals surface area contributed by atoms with Crippen molar-refractivity contribution in [2.24, 2.45) is 17.6 Å². The first-order valence-electron chi connectivity index (χ1n) is 9.43. The summed E-state index contributed by atoms with van der Waals surface area (Å²) in [6.45, 7) is 8.10. The van der Waals surface area contributed by atoms with Gasteiger partial charge in [-0.2, -0.15) is 0 Å². The zero-order valence-corrected chi connectivity index (χ0v) is 17.4. The highest BCUT2D eigenvalue weighted by atomic mass is 16.4. The quantitative estimate of drug-likeness (QED) is 0.235. The molecule has 0 aromatic carbocycles. The Balaban J connectivity index is 5.51. The van der Waals surface area contributed by atoms with E-state index in [-0.39, 0.29) is 5.92 Å². The van der Waals surface area contributed by atoms with E-state index in [9.17, 15) is 29.1 Å². The van der Waals surface area contributed by atoms with Gasteiger partial charge in [0.25, 0.3) is 0 Å². The fourth-order valence-corrected chi connectivity index (χ4v) is 2.40. The molecule has 0 heterocycles. The number of carbonyl (C=O) groups excluding carboxylic acids is 3. The molecule has 0 saturated heterocycles. The van der Waals surface area contributed by atoms with Crippen LogP contribution in [-0.4, -0.2) is 64.0 Å². The lowest BCUT2D eigenvalue weighted by atomic mass is 9.97. The second-order valence-electron chi connectivity index (χ2n) is 7.39. The van der Waals surface area contributed by atoms with Gasteiger partial charge in [-0.05, 0) is 18.8 Å². The number of carboxylic acid groups (broad SMARTS) is 2. The lowest BCUT2D eigenvalue weighted by Crippen LogP contribution is -2.59. The van der Waals surface area contributed by atoms with Crippen molar-refractivity contribution >= 4 is 29.7 Å². The van der Waals surface area contributed by atoms with Gasteiger partial charge in [0.05, 0.1) is 12.5 Å². The zero-order valence-electron chi connectivity index (χ0n) is 17.4. The Morgan fingerprint density at radius 3 is 1.72 bits per heavy atom. The van der Waals surface area contributed by atoms with Crippen molar-refractivity contribution in [3.05, 3.63) is 0 Å². The number of nitrogens with two attached hydrogens (primary N) is 1. The monoisotopic (exact) mass is 416 g/mol. The summed E-state index contributed by atoms with van der Waals surface area (Å²) in [7, 11) is 0. The standard InChI is InChI=1S/C18H32N4O7/c1-6-9(4)14(22-15(25)10(5)19)17(27)20-11(7-12(23)24)16(26)21-13(8(2)3)18(28)29/h8-11,13-14H,6-7,19H2,1-5H3,(H,20,27)(H,21,26)(H,22,25)(H,23,24)(H,28,29). The first kappa shape index (κ1) is 26.3. The largest absolute Gasteiger partial charge is 0.481 e. The topological polar surface area (TPSA) is 188 Å². The van der Waals surface area contributed by atoms with Crippen LogP contribution in [0.4, 0.5) is 0 Å². The maximum absolute atomic E-state index is 12.7. The van der Waals surface area contributed by atoms with Crippen LogP contribution >= 0.6 is 0 Å². The molecule has 0 radical (unpaired) electrons. The molecule has 5 atom stereocenters. The summed E-state index contributed by atoms with van der Waals surface area (Å²) in [5.41, 5.74) is 5.51. The fraction of sp³-hybridized carbons (Fsp3) is 0.722. The van der Waals surface area contributed by atoms with E-state index >= 15 is 0 Å². The van der Waals surface area contributed by atoms with Gasteiger partial charge in [0.15, 0.2) is 0 Å². The van der Waals surface area contributed by atoms with E-state index in [0.29, 0.717) is 6.42 Å². The molecule has 166 valence electrons. The van der Waals surface area contributed by atoms with Crippen molar-refractivity contribution in [2.45, 2.75) is 71.6 Å². The Labute approximate surface area is 169 Å². The smallest absolute Gasteiger partial charge is 0.326 e. The summed E-state index contributed by atoms with van der Waals surface area (Å²) in [4.78, 5) is 59.5. The lowest BCUT2D eigenvalue weighted by Gasteiger charge is -2.27. The third-order valence-electron chi connectivity index (χ3n) is 4.45. The molecule has 0 aromatic heterocycles.